The van der Waals surface area contributed by atoms with E-state index in [0.29, 0.717) is 0 Å². The molecule has 1 nitrogen and oxygen atoms in total. The van der Waals surface area contributed by atoms with Crippen molar-refractivity contribution in [2.45, 2.75) is 32.2 Å². The van der Waals surface area contributed by atoms with Crippen molar-refractivity contribution in [3.8, 4) is 0 Å². The Morgan fingerprint density at radius 1 is 1.64 bits per heavy atom. The van der Waals surface area contributed by atoms with Gasteiger partial charge in [-0.25, -0.2) is 0 Å². The fourth-order valence-corrected chi connectivity index (χ4v) is 1.89. The Bertz CT molecular complexity index is 131. The number of hydrogen-bond donors (Lipinski definition) is 0. The molecule has 1 rings (SSSR count). The van der Waals surface area contributed by atoms with Crippen molar-refractivity contribution >= 4 is 0 Å². The number of piperidine rings is 1. The summed E-state index contributed by atoms with van der Waals surface area (Å²) in [6.45, 7) is 7.38. The maximum Gasteiger partial charge on any atom is 0.00952 e. The van der Waals surface area contributed by atoms with E-state index in [4.69, 9.17) is 0 Å². The van der Waals surface area contributed by atoms with Gasteiger partial charge in [-0.15, -0.1) is 6.58 Å². The molecule has 0 aromatic heterocycles. The van der Waals surface area contributed by atoms with E-state index in [0.717, 1.165) is 12.0 Å². The van der Waals surface area contributed by atoms with Crippen LogP contribution in [0.25, 0.3) is 0 Å². The molecule has 0 aromatic carbocycles. The number of rotatable bonds is 2. The Balaban J connectivity index is 2.43. The third kappa shape index (κ3) is 2.06. The van der Waals surface area contributed by atoms with Crippen LogP contribution in [0, 0.1) is 5.92 Å². The van der Waals surface area contributed by atoms with Crippen LogP contribution < -0.4 is 0 Å². The normalized spacial score (nSPS) is 33.6. The lowest BCUT2D eigenvalue weighted by Gasteiger charge is -2.35. The molecular weight excluding hydrogens is 134 g/mol. The molecule has 1 heterocycles. The van der Waals surface area contributed by atoms with Crippen molar-refractivity contribution in [1.29, 1.82) is 0 Å². The van der Waals surface area contributed by atoms with Crippen molar-refractivity contribution < 1.29 is 0 Å². The summed E-state index contributed by atoms with van der Waals surface area (Å²) in [6, 6.07) is 0.798. The first-order chi connectivity index (χ1) is 5.27. The van der Waals surface area contributed by atoms with Gasteiger partial charge in [0.05, 0.1) is 0 Å². The Labute approximate surface area is 70.1 Å². The summed E-state index contributed by atoms with van der Waals surface area (Å²) in [5.41, 5.74) is 0. The van der Waals surface area contributed by atoms with Crippen LogP contribution in [0.15, 0.2) is 12.7 Å². The first kappa shape index (κ1) is 8.79. The predicted molar refractivity (Wildman–Crippen MR) is 49.6 cm³/mol. The summed E-state index contributed by atoms with van der Waals surface area (Å²) in [5.74, 6) is 0.774. The lowest BCUT2D eigenvalue weighted by molar-refractivity contribution is 0.155. The van der Waals surface area contributed by atoms with E-state index < -0.39 is 0 Å². The zero-order valence-corrected chi connectivity index (χ0v) is 7.71. The van der Waals surface area contributed by atoms with Crippen LogP contribution in [0.3, 0.4) is 0 Å². The molecule has 11 heavy (non-hydrogen) atoms. The number of likely N-dealkylation sites (tertiary alicyclic amines) is 1. The van der Waals surface area contributed by atoms with E-state index in [2.05, 4.69) is 31.5 Å². The monoisotopic (exact) mass is 153 g/mol. The third-order valence-electron chi connectivity index (χ3n) is 2.86. The highest BCUT2D eigenvalue weighted by atomic mass is 15.1. The number of nitrogens with zero attached hydrogens (tertiary/aromatic N) is 1. The van der Waals surface area contributed by atoms with Crippen LogP contribution in [-0.2, 0) is 0 Å². The van der Waals surface area contributed by atoms with Gasteiger partial charge in [0.15, 0.2) is 0 Å². The fourth-order valence-electron chi connectivity index (χ4n) is 1.89. The SMILES string of the molecule is C=CC1CCN(C)C(CC)C1. The summed E-state index contributed by atoms with van der Waals surface area (Å²) >= 11 is 0. The van der Waals surface area contributed by atoms with Gasteiger partial charge in [-0.05, 0) is 38.8 Å². The Hall–Kier alpha value is -0.300. The molecule has 1 heteroatoms. The third-order valence-corrected chi connectivity index (χ3v) is 2.86. The van der Waals surface area contributed by atoms with E-state index in [-0.39, 0.29) is 0 Å². The van der Waals surface area contributed by atoms with E-state index in [1.54, 1.807) is 0 Å². The summed E-state index contributed by atoms with van der Waals surface area (Å²) in [7, 11) is 2.23. The fraction of sp³-hybridized carbons (Fsp3) is 0.800. The molecule has 0 aliphatic carbocycles. The highest BCUT2D eigenvalue weighted by Gasteiger charge is 2.22. The predicted octanol–water partition coefficient (Wildman–Crippen LogP) is 2.29. The highest BCUT2D eigenvalue weighted by molar-refractivity contribution is 4.87. The second-order valence-corrected chi connectivity index (χ2v) is 3.56. The first-order valence-electron chi connectivity index (χ1n) is 4.60. The van der Waals surface area contributed by atoms with Crippen LogP contribution in [0.1, 0.15) is 26.2 Å². The smallest absolute Gasteiger partial charge is 0.00952 e. The minimum atomic E-state index is 0.774. The molecule has 1 fully saturated rings. The molecule has 64 valence electrons. The quantitative estimate of drug-likeness (QED) is 0.550. The lowest BCUT2D eigenvalue weighted by Crippen LogP contribution is -2.38. The van der Waals surface area contributed by atoms with Crippen LogP contribution in [0.5, 0.6) is 0 Å². The van der Waals surface area contributed by atoms with Crippen LogP contribution in [-0.4, -0.2) is 24.5 Å². The van der Waals surface area contributed by atoms with Gasteiger partial charge in [-0.3, -0.25) is 0 Å². The van der Waals surface area contributed by atoms with Crippen LogP contribution >= 0.6 is 0 Å². The van der Waals surface area contributed by atoms with Gasteiger partial charge in [0.2, 0.25) is 0 Å². The van der Waals surface area contributed by atoms with Gasteiger partial charge < -0.3 is 4.90 Å². The summed E-state index contributed by atoms with van der Waals surface area (Å²) < 4.78 is 0. The molecule has 0 aromatic rings. The van der Waals surface area contributed by atoms with Gasteiger partial charge in [0.1, 0.15) is 0 Å². The Morgan fingerprint density at radius 2 is 2.36 bits per heavy atom. The van der Waals surface area contributed by atoms with E-state index in [9.17, 15) is 0 Å². The van der Waals surface area contributed by atoms with Crippen molar-refractivity contribution in [1.82, 2.24) is 4.90 Å². The summed E-state index contributed by atoms with van der Waals surface area (Å²) in [4.78, 5) is 2.47. The van der Waals surface area contributed by atoms with Crippen LogP contribution in [0.2, 0.25) is 0 Å². The van der Waals surface area contributed by atoms with Gasteiger partial charge >= 0.3 is 0 Å². The zero-order chi connectivity index (χ0) is 8.27. The van der Waals surface area contributed by atoms with Crippen molar-refractivity contribution in [2.75, 3.05) is 13.6 Å². The topological polar surface area (TPSA) is 3.24 Å². The van der Waals surface area contributed by atoms with Gasteiger partial charge in [-0.1, -0.05) is 13.0 Å². The highest BCUT2D eigenvalue weighted by Crippen LogP contribution is 2.23. The summed E-state index contributed by atoms with van der Waals surface area (Å²) in [5, 5.41) is 0. The molecule has 0 bridgehead atoms. The molecule has 0 spiro atoms. The molecule has 1 saturated heterocycles. The number of allylic oxidation sites excluding steroid dienone is 1. The molecule has 0 amide bonds. The zero-order valence-electron chi connectivity index (χ0n) is 7.71. The maximum atomic E-state index is 3.86. The van der Waals surface area contributed by atoms with E-state index >= 15 is 0 Å². The van der Waals surface area contributed by atoms with E-state index in [1.807, 2.05) is 0 Å². The van der Waals surface area contributed by atoms with Gasteiger partial charge in [0, 0.05) is 6.04 Å². The summed E-state index contributed by atoms with van der Waals surface area (Å²) in [6.07, 6.45) is 6.02. The minimum Gasteiger partial charge on any atom is -0.303 e. The Kier molecular flexibility index (Phi) is 3.13. The molecule has 2 unspecified atom stereocenters. The second kappa shape index (κ2) is 3.91. The van der Waals surface area contributed by atoms with Gasteiger partial charge in [-0.2, -0.15) is 0 Å². The largest absolute Gasteiger partial charge is 0.303 e. The lowest BCUT2D eigenvalue weighted by atomic mass is 9.90. The average molecular weight is 153 g/mol. The van der Waals surface area contributed by atoms with Crippen LogP contribution in [0.4, 0.5) is 0 Å². The molecule has 0 radical (unpaired) electrons. The van der Waals surface area contributed by atoms with E-state index in [1.165, 1.54) is 25.8 Å². The van der Waals surface area contributed by atoms with Crippen molar-refractivity contribution in [3.05, 3.63) is 12.7 Å². The molecule has 1 aliphatic heterocycles. The molecule has 1 aliphatic rings. The maximum absolute atomic E-state index is 3.86. The first-order valence-corrected chi connectivity index (χ1v) is 4.60. The molecular formula is C10H19N. The van der Waals surface area contributed by atoms with Gasteiger partial charge in [0.25, 0.3) is 0 Å². The van der Waals surface area contributed by atoms with Crippen molar-refractivity contribution in [2.24, 2.45) is 5.92 Å². The van der Waals surface area contributed by atoms with Crippen molar-refractivity contribution in [3.63, 3.8) is 0 Å². The number of hydrogen-bond acceptors (Lipinski definition) is 1. The molecule has 0 saturated carbocycles. The standard InChI is InChI=1S/C10H19N/c1-4-9-6-7-11(3)10(5-2)8-9/h4,9-10H,1,5-8H2,2-3H3. The molecule has 2 atom stereocenters. The molecule has 0 N–H and O–H groups in total. The second-order valence-electron chi connectivity index (χ2n) is 3.56. The average Bonchev–Trinajstić information content (AvgIpc) is 2.05. The Morgan fingerprint density at radius 3 is 2.91 bits per heavy atom. The minimum absolute atomic E-state index is 0.774.